The fourth-order valence-electron chi connectivity index (χ4n) is 4.91. The topological polar surface area (TPSA) is 69.2 Å². The molecule has 0 radical (unpaired) electrons. The van der Waals surface area contributed by atoms with E-state index in [1.807, 2.05) is 36.4 Å². The van der Waals surface area contributed by atoms with Crippen LogP contribution in [-0.4, -0.2) is 4.92 Å². The minimum absolute atomic E-state index is 0.143. The van der Waals surface area contributed by atoms with E-state index >= 15 is 0 Å². The third-order valence-corrected chi connectivity index (χ3v) is 7.07. The number of hydrogen-bond donors (Lipinski definition) is 1. The van der Waals surface area contributed by atoms with Crippen molar-refractivity contribution in [3.63, 3.8) is 0 Å². The van der Waals surface area contributed by atoms with Crippen LogP contribution in [0.25, 0.3) is 12.2 Å². The molecule has 0 amide bonds. The average Bonchev–Trinajstić information content (AvgIpc) is 2.89. The lowest BCUT2D eigenvalue weighted by molar-refractivity contribution is -0.384. The molecule has 0 saturated carbocycles. The lowest BCUT2D eigenvalue weighted by Crippen LogP contribution is -2.04. The molecule has 4 aromatic carbocycles. The van der Waals surface area contributed by atoms with Crippen LogP contribution in [0.1, 0.15) is 44.5 Å². The van der Waals surface area contributed by atoms with E-state index in [9.17, 15) is 10.1 Å². The molecule has 4 aliphatic carbocycles. The summed E-state index contributed by atoms with van der Waals surface area (Å²) < 4.78 is 0. The predicted molar refractivity (Wildman–Crippen MR) is 148 cm³/mol. The second kappa shape index (κ2) is 10.6. The molecule has 4 nitrogen and oxygen atoms in total. The van der Waals surface area contributed by atoms with Crippen molar-refractivity contribution in [2.24, 2.45) is 0 Å². The van der Waals surface area contributed by atoms with Crippen LogP contribution in [0.4, 0.5) is 11.4 Å². The Morgan fingerprint density at radius 2 is 1.39 bits per heavy atom. The van der Waals surface area contributed by atoms with Gasteiger partial charge in [0.25, 0.3) is 5.69 Å². The molecule has 8 rings (SSSR count). The fourth-order valence-corrected chi connectivity index (χ4v) is 4.91. The number of nitro groups is 1. The third kappa shape index (κ3) is 5.72. The molecule has 0 spiro atoms. The van der Waals surface area contributed by atoms with Crippen LogP contribution in [-0.2, 0) is 38.5 Å². The number of nitrogens with zero attached hydrogens (tertiary/aromatic N) is 1. The normalized spacial score (nSPS) is 13.0. The Bertz CT molecular complexity index is 1400. The van der Waals surface area contributed by atoms with Crippen LogP contribution in [0.15, 0.2) is 84.9 Å². The Labute approximate surface area is 212 Å². The Balaban J connectivity index is 1.34. The number of hydrogen-bond acceptors (Lipinski definition) is 3. The van der Waals surface area contributed by atoms with Gasteiger partial charge in [-0.05, 0) is 95.2 Å². The second-order valence-electron chi connectivity index (χ2n) is 9.56. The number of anilines is 1. The highest BCUT2D eigenvalue weighted by Gasteiger charge is 2.11. The van der Waals surface area contributed by atoms with E-state index in [0.29, 0.717) is 0 Å². The van der Waals surface area contributed by atoms with Crippen LogP contribution >= 0.6 is 0 Å². The summed E-state index contributed by atoms with van der Waals surface area (Å²) in [5, 5.41) is 10.9. The Kier molecular flexibility index (Phi) is 6.94. The van der Waals surface area contributed by atoms with Crippen molar-refractivity contribution in [1.82, 2.24) is 0 Å². The number of nitrogens with two attached hydrogens (primary N) is 1. The zero-order chi connectivity index (χ0) is 24.9. The third-order valence-electron chi connectivity index (χ3n) is 7.07. The quantitative estimate of drug-likeness (QED) is 0.141. The van der Waals surface area contributed by atoms with Crippen molar-refractivity contribution in [2.75, 3.05) is 5.73 Å². The number of rotatable bonds is 6. The van der Waals surface area contributed by atoms with E-state index in [-0.39, 0.29) is 10.6 Å². The lowest BCUT2D eigenvalue weighted by Gasteiger charge is -2.16. The number of nitrogen functional groups attached to an aromatic ring is 1. The Morgan fingerprint density at radius 3 is 2.11 bits per heavy atom. The Morgan fingerprint density at radius 1 is 0.722 bits per heavy atom. The highest BCUT2D eigenvalue weighted by atomic mass is 16.6. The summed E-state index contributed by atoms with van der Waals surface area (Å²) in [4.78, 5) is 10.6. The van der Waals surface area contributed by atoms with Crippen LogP contribution in [0, 0.1) is 10.1 Å². The van der Waals surface area contributed by atoms with Gasteiger partial charge in [-0.1, -0.05) is 72.8 Å². The molecular weight excluding hydrogens is 444 g/mol. The van der Waals surface area contributed by atoms with Gasteiger partial charge in [-0.2, -0.15) is 0 Å². The van der Waals surface area contributed by atoms with E-state index in [0.717, 1.165) is 55.3 Å². The van der Waals surface area contributed by atoms with Crippen molar-refractivity contribution in [2.45, 2.75) is 38.5 Å². The number of benzene rings is 4. The van der Waals surface area contributed by atoms with Gasteiger partial charge in [-0.15, -0.1) is 0 Å². The molecule has 0 saturated heterocycles. The van der Waals surface area contributed by atoms with Crippen LogP contribution in [0.2, 0.25) is 0 Å². The highest BCUT2D eigenvalue weighted by molar-refractivity contribution is 5.72. The lowest BCUT2D eigenvalue weighted by atomic mass is 9.89. The van der Waals surface area contributed by atoms with E-state index in [1.54, 1.807) is 12.1 Å². The molecule has 4 heteroatoms. The highest BCUT2D eigenvalue weighted by Crippen LogP contribution is 2.24. The molecule has 0 aromatic heterocycles. The molecule has 4 aromatic rings. The molecule has 0 unspecified atom stereocenters. The number of nitro benzene ring substituents is 1. The van der Waals surface area contributed by atoms with Crippen molar-refractivity contribution in [1.29, 1.82) is 0 Å². The summed E-state index contributed by atoms with van der Waals surface area (Å²) in [6.45, 7) is 0. The maximum absolute atomic E-state index is 10.9. The van der Waals surface area contributed by atoms with Gasteiger partial charge in [-0.25, -0.2) is 0 Å². The summed E-state index contributed by atoms with van der Waals surface area (Å²) >= 11 is 0. The summed E-state index contributed by atoms with van der Waals surface area (Å²) in [7, 11) is 0. The number of aryl methyl sites for hydroxylation is 6. The first-order valence-electron chi connectivity index (χ1n) is 12.5. The molecule has 0 aliphatic heterocycles. The SMILES string of the molecule is Nc1ccc(/C=C/c2cc3ccc2CCc2ccc(c(CCc4ccc([N+](=O)[O-])cc4)c2)CC3)cc1. The van der Waals surface area contributed by atoms with Gasteiger partial charge in [0.05, 0.1) is 4.92 Å². The zero-order valence-electron chi connectivity index (χ0n) is 20.3. The van der Waals surface area contributed by atoms with Crippen molar-refractivity contribution in [3.05, 3.63) is 140 Å². The first-order chi connectivity index (χ1) is 17.5. The van der Waals surface area contributed by atoms with Gasteiger partial charge in [0.1, 0.15) is 0 Å². The first-order valence-corrected chi connectivity index (χ1v) is 12.5. The van der Waals surface area contributed by atoms with Gasteiger partial charge in [0, 0.05) is 17.8 Å². The second-order valence-corrected chi connectivity index (χ2v) is 9.56. The van der Waals surface area contributed by atoms with E-state index in [4.69, 9.17) is 5.73 Å². The summed E-state index contributed by atoms with van der Waals surface area (Å²) in [5.74, 6) is 0. The molecule has 0 heterocycles. The molecule has 2 N–H and O–H groups in total. The minimum atomic E-state index is -0.346. The van der Waals surface area contributed by atoms with Gasteiger partial charge < -0.3 is 5.73 Å². The maximum Gasteiger partial charge on any atom is 0.269 e. The molecule has 0 atom stereocenters. The van der Waals surface area contributed by atoms with Crippen LogP contribution in [0.5, 0.6) is 0 Å². The maximum atomic E-state index is 10.9. The summed E-state index contributed by atoms with van der Waals surface area (Å²) in [5.41, 5.74) is 17.2. The summed E-state index contributed by atoms with van der Waals surface area (Å²) in [6, 6.07) is 28.8. The van der Waals surface area contributed by atoms with Crippen LogP contribution < -0.4 is 5.73 Å². The molecule has 4 aliphatic rings. The van der Waals surface area contributed by atoms with Crippen molar-refractivity contribution < 1.29 is 4.92 Å². The van der Waals surface area contributed by atoms with Crippen LogP contribution in [0.3, 0.4) is 0 Å². The molecule has 36 heavy (non-hydrogen) atoms. The molecule has 4 bridgehead atoms. The Hall–Kier alpha value is -4.18. The van der Waals surface area contributed by atoms with Crippen molar-refractivity contribution >= 4 is 23.5 Å². The van der Waals surface area contributed by atoms with E-state index < -0.39 is 0 Å². The van der Waals surface area contributed by atoms with Gasteiger partial charge in [-0.3, -0.25) is 10.1 Å². The predicted octanol–water partition coefficient (Wildman–Crippen LogP) is 7.02. The molecular formula is C32H30N2O2. The largest absolute Gasteiger partial charge is 0.399 e. The smallest absolute Gasteiger partial charge is 0.269 e. The van der Waals surface area contributed by atoms with Crippen molar-refractivity contribution in [3.8, 4) is 0 Å². The van der Waals surface area contributed by atoms with E-state index in [2.05, 4.69) is 48.6 Å². The summed E-state index contributed by atoms with van der Waals surface area (Å²) in [6.07, 6.45) is 10.2. The van der Waals surface area contributed by atoms with Gasteiger partial charge in [0.15, 0.2) is 0 Å². The average molecular weight is 475 g/mol. The zero-order valence-corrected chi connectivity index (χ0v) is 20.3. The fraction of sp³-hybridized carbons (Fsp3) is 0.188. The van der Waals surface area contributed by atoms with Gasteiger partial charge in [0.2, 0.25) is 0 Å². The molecule has 180 valence electrons. The monoisotopic (exact) mass is 474 g/mol. The van der Waals surface area contributed by atoms with Gasteiger partial charge >= 0.3 is 0 Å². The van der Waals surface area contributed by atoms with E-state index in [1.165, 1.54) is 33.4 Å². The standard InChI is InChI=1S/C32H30N2O2/c33-31-17-7-23(8-18-31)1-15-29-21-25-3-11-27(29)12-4-26-6-14-28(13-5-25)30(22-26)16-2-24-9-19-32(20-10-24)34(35)36/h1,3,6-11,14-15,17-22H,2,4-5,12-13,16,33H2/b15-1+. The number of non-ortho nitro benzene ring substituents is 1. The minimum Gasteiger partial charge on any atom is -0.399 e. The first kappa shape index (κ1) is 23.6. The molecule has 0 fully saturated rings.